The lowest BCUT2D eigenvalue weighted by atomic mass is 10.2. The van der Waals surface area contributed by atoms with Crippen LogP contribution < -0.4 is 5.32 Å². The fraction of sp³-hybridized carbons (Fsp3) is 0.111. The molecule has 3 heterocycles. The fourth-order valence-corrected chi connectivity index (χ4v) is 3.02. The Labute approximate surface area is 152 Å². The van der Waals surface area contributed by atoms with Gasteiger partial charge in [0.05, 0.1) is 4.88 Å². The molecule has 0 fully saturated rings. The van der Waals surface area contributed by atoms with E-state index in [1.165, 1.54) is 11.3 Å². The molecule has 4 rings (SSSR count). The molecule has 0 bridgehead atoms. The third-order valence-electron chi connectivity index (χ3n) is 3.62. The maximum atomic E-state index is 12.1. The quantitative estimate of drug-likeness (QED) is 0.562. The van der Waals surface area contributed by atoms with E-state index in [9.17, 15) is 4.79 Å². The summed E-state index contributed by atoms with van der Waals surface area (Å²) in [7, 11) is 0. The van der Waals surface area contributed by atoms with Crippen molar-refractivity contribution in [3.05, 3.63) is 65.5 Å². The van der Waals surface area contributed by atoms with Gasteiger partial charge in [-0.2, -0.15) is 0 Å². The van der Waals surface area contributed by atoms with Gasteiger partial charge in [-0.25, -0.2) is 0 Å². The highest BCUT2D eigenvalue weighted by atomic mass is 32.1. The summed E-state index contributed by atoms with van der Waals surface area (Å²) >= 11 is 1.52. The first-order chi connectivity index (χ1) is 12.8. The first kappa shape index (κ1) is 16.2. The summed E-state index contributed by atoms with van der Waals surface area (Å²) in [6.07, 6.45) is 0.432. The molecule has 7 nitrogen and oxygen atoms in total. The minimum absolute atomic E-state index is 0.240. The van der Waals surface area contributed by atoms with Crippen molar-refractivity contribution >= 4 is 17.2 Å². The third kappa shape index (κ3) is 3.55. The Morgan fingerprint density at radius 2 is 2.00 bits per heavy atom. The van der Waals surface area contributed by atoms with Crippen LogP contribution in [-0.4, -0.2) is 27.8 Å². The topological polar surface area (TPSA) is 94.1 Å². The van der Waals surface area contributed by atoms with Crippen LogP contribution in [-0.2, 0) is 6.42 Å². The molecular formula is C18H14N4O3S. The standard InChI is InChI=1S/C18H14N4O3S/c23-17(13-11-14(25-22-13)15-7-4-10-26-15)19-9-8-16-20-21-18(24-16)12-5-2-1-3-6-12/h1-7,10-11H,8-9H2,(H,19,23). The number of rotatable bonds is 6. The molecule has 1 N–H and O–H groups in total. The monoisotopic (exact) mass is 366 g/mol. The number of carbonyl (C=O) groups is 1. The average molecular weight is 366 g/mol. The van der Waals surface area contributed by atoms with Crippen molar-refractivity contribution in [2.45, 2.75) is 6.42 Å². The van der Waals surface area contributed by atoms with Crippen molar-refractivity contribution < 1.29 is 13.7 Å². The summed E-state index contributed by atoms with van der Waals surface area (Å²) in [6, 6.07) is 15.0. The SMILES string of the molecule is O=C(NCCc1nnc(-c2ccccc2)o1)c1cc(-c2cccs2)on1. The van der Waals surface area contributed by atoms with Crippen LogP contribution in [0.3, 0.4) is 0 Å². The van der Waals surface area contributed by atoms with Crippen molar-refractivity contribution in [2.75, 3.05) is 6.54 Å². The minimum atomic E-state index is -0.306. The molecule has 130 valence electrons. The Morgan fingerprint density at radius 3 is 2.81 bits per heavy atom. The van der Waals surface area contributed by atoms with Gasteiger partial charge in [-0.3, -0.25) is 4.79 Å². The number of hydrogen-bond donors (Lipinski definition) is 1. The van der Waals surface area contributed by atoms with Crippen LogP contribution in [0.4, 0.5) is 0 Å². The van der Waals surface area contributed by atoms with Gasteiger partial charge in [0.25, 0.3) is 5.91 Å². The molecule has 26 heavy (non-hydrogen) atoms. The fourth-order valence-electron chi connectivity index (χ4n) is 2.34. The van der Waals surface area contributed by atoms with E-state index in [0.29, 0.717) is 30.5 Å². The van der Waals surface area contributed by atoms with Crippen LogP contribution in [0.25, 0.3) is 22.1 Å². The predicted molar refractivity (Wildman–Crippen MR) is 95.6 cm³/mol. The minimum Gasteiger partial charge on any atom is -0.421 e. The molecule has 3 aromatic heterocycles. The zero-order chi connectivity index (χ0) is 17.8. The van der Waals surface area contributed by atoms with Crippen molar-refractivity contribution in [1.29, 1.82) is 0 Å². The molecule has 0 spiro atoms. The molecule has 0 atom stereocenters. The van der Waals surface area contributed by atoms with E-state index in [1.807, 2.05) is 47.8 Å². The number of aromatic nitrogens is 3. The molecule has 8 heteroatoms. The smallest absolute Gasteiger partial charge is 0.273 e. The van der Waals surface area contributed by atoms with Gasteiger partial charge in [0.15, 0.2) is 11.5 Å². The van der Waals surface area contributed by atoms with Gasteiger partial charge in [-0.05, 0) is 23.6 Å². The van der Waals surface area contributed by atoms with Crippen molar-refractivity contribution in [2.24, 2.45) is 0 Å². The van der Waals surface area contributed by atoms with Gasteiger partial charge in [0, 0.05) is 24.6 Å². The van der Waals surface area contributed by atoms with Crippen LogP contribution in [0, 0.1) is 0 Å². The second kappa shape index (κ2) is 7.32. The number of nitrogens with one attached hydrogen (secondary N) is 1. The lowest BCUT2D eigenvalue weighted by Gasteiger charge is -1.99. The zero-order valence-electron chi connectivity index (χ0n) is 13.6. The second-order valence-corrected chi connectivity index (χ2v) is 6.37. The first-order valence-corrected chi connectivity index (χ1v) is 8.84. The van der Waals surface area contributed by atoms with Gasteiger partial charge < -0.3 is 14.3 Å². The molecule has 0 aliphatic carbocycles. The highest BCUT2D eigenvalue weighted by Gasteiger charge is 2.14. The van der Waals surface area contributed by atoms with E-state index in [0.717, 1.165) is 10.4 Å². The number of hydrogen-bond acceptors (Lipinski definition) is 7. The summed E-state index contributed by atoms with van der Waals surface area (Å²) in [5, 5.41) is 16.5. The number of benzene rings is 1. The zero-order valence-corrected chi connectivity index (χ0v) is 14.4. The Bertz CT molecular complexity index is 993. The Morgan fingerprint density at radius 1 is 1.12 bits per heavy atom. The first-order valence-electron chi connectivity index (χ1n) is 7.96. The molecule has 0 saturated heterocycles. The number of amides is 1. The lowest BCUT2D eigenvalue weighted by molar-refractivity contribution is 0.0944. The molecule has 0 aliphatic rings. The Kier molecular flexibility index (Phi) is 4.57. The predicted octanol–water partition coefficient (Wildman–Crippen LogP) is 3.43. The van der Waals surface area contributed by atoms with Crippen molar-refractivity contribution in [1.82, 2.24) is 20.7 Å². The van der Waals surface area contributed by atoms with E-state index >= 15 is 0 Å². The number of thiophene rings is 1. The van der Waals surface area contributed by atoms with Gasteiger partial charge in [0.1, 0.15) is 0 Å². The van der Waals surface area contributed by atoms with Crippen LogP contribution in [0.1, 0.15) is 16.4 Å². The van der Waals surface area contributed by atoms with Crippen LogP contribution in [0.15, 0.2) is 62.9 Å². The maximum absolute atomic E-state index is 12.1. The Hall–Kier alpha value is -3.26. The molecule has 0 unspecified atom stereocenters. The van der Waals surface area contributed by atoms with Crippen molar-refractivity contribution in [3.63, 3.8) is 0 Å². The van der Waals surface area contributed by atoms with Crippen LogP contribution in [0.2, 0.25) is 0 Å². The van der Waals surface area contributed by atoms with Crippen LogP contribution >= 0.6 is 11.3 Å². The average Bonchev–Trinajstić information content (AvgIpc) is 3.42. The Balaban J connectivity index is 1.32. The van der Waals surface area contributed by atoms with E-state index in [-0.39, 0.29) is 11.6 Å². The van der Waals surface area contributed by atoms with Gasteiger partial charge in [0.2, 0.25) is 11.8 Å². The summed E-state index contributed by atoms with van der Waals surface area (Å²) in [6.45, 7) is 0.358. The highest BCUT2D eigenvalue weighted by Crippen LogP contribution is 2.25. The molecule has 0 radical (unpaired) electrons. The van der Waals surface area contributed by atoms with E-state index in [4.69, 9.17) is 8.94 Å². The largest absolute Gasteiger partial charge is 0.421 e. The molecule has 4 aromatic rings. The molecule has 1 amide bonds. The molecule has 0 saturated carbocycles. The summed E-state index contributed by atoms with van der Waals surface area (Å²) in [4.78, 5) is 13.1. The summed E-state index contributed by atoms with van der Waals surface area (Å²) in [5.74, 6) is 1.20. The molecular weight excluding hydrogens is 352 g/mol. The van der Waals surface area contributed by atoms with E-state index in [1.54, 1.807) is 6.07 Å². The van der Waals surface area contributed by atoms with Crippen LogP contribution in [0.5, 0.6) is 0 Å². The molecule has 0 aliphatic heterocycles. The second-order valence-electron chi connectivity index (χ2n) is 5.43. The van der Waals surface area contributed by atoms with E-state index < -0.39 is 0 Å². The van der Waals surface area contributed by atoms with Gasteiger partial charge in [-0.15, -0.1) is 21.5 Å². The summed E-state index contributed by atoms with van der Waals surface area (Å²) in [5.41, 5.74) is 1.10. The third-order valence-corrected chi connectivity index (χ3v) is 4.50. The van der Waals surface area contributed by atoms with Gasteiger partial charge in [-0.1, -0.05) is 29.4 Å². The normalized spacial score (nSPS) is 10.8. The molecule has 1 aromatic carbocycles. The number of nitrogens with zero attached hydrogens (tertiary/aromatic N) is 3. The van der Waals surface area contributed by atoms with Crippen molar-refractivity contribution in [3.8, 4) is 22.1 Å². The maximum Gasteiger partial charge on any atom is 0.273 e. The lowest BCUT2D eigenvalue weighted by Crippen LogP contribution is -2.26. The van der Waals surface area contributed by atoms with E-state index in [2.05, 4.69) is 20.7 Å². The van der Waals surface area contributed by atoms with Gasteiger partial charge >= 0.3 is 0 Å². The highest BCUT2D eigenvalue weighted by molar-refractivity contribution is 7.13. The number of carbonyl (C=O) groups excluding carboxylic acids is 1. The summed E-state index contributed by atoms with van der Waals surface area (Å²) < 4.78 is 10.8.